The summed E-state index contributed by atoms with van der Waals surface area (Å²) < 4.78 is 11.0. The number of ether oxygens (including phenoxy) is 2. The summed E-state index contributed by atoms with van der Waals surface area (Å²) in [7, 11) is 3.13. The van der Waals surface area contributed by atoms with Gasteiger partial charge < -0.3 is 9.47 Å². The van der Waals surface area contributed by atoms with E-state index in [1.54, 1.807) is 56.5 Å². The molecule has 0 aromatic heterocycles. The van der Waals surface area contributed by atoms with Crippen LogP contribution in [0.2, 0.25) is 5.02 Å². The molecule has 174 valence electrons. The molecule has 2 aliphatic rings. The third-order valence-corrected chi connectivity index (χ3v) is 6.77. The number of carbonyl (C=O) groups excluding carboxylic acids is 2. The number of imide groups is 1. The number of benzene rings is 3. The Balaban J connectivity index is 1.64. The molecule has 2 fully saturated rings. The first-order valence-corrected chi connectivity index (χ1v) is 11.2. The summed E-state index contributed by atoms with van der Waals surface area (Å²) in [5.41, 5.74) is 2.56. The smallest absolute Gasteiger partial charge is 0.266 e. The van der Waals surface area contributed by atoms with Crippen molar-refractivity contribution in [2.45, 2.75) is 19.1 Å². The van der Waals surface area contributed by atoms with Crippen LogP contribution in [0, 0.1) is 12.8 Å². The zero-order valence-corrected chi connectivity index (χ0v) is 19.7. The van der Waals surface area contributed by atoms with Gasteiger partial charge in [-0.15, -0.1) is 0 Å². The number of halogens is 1. The fourth-order valence-electron chi connectivity index (χ4n) is 4.67. The number of methoxy groups -OCH3 is 2. The van der Waals surface area contributed by atoms with Gasteiger partial charge >= 0.3 is 0 Å². The summed E-state index contributed by atoms with van der Waals surface area (Å²) in [5, 5.41) is 2.12. The Bertz CT molecular complexity index is 1270. The molecule has 3 aromatic carbocycles. The average Bonchev–Trinajstić information content (AvgIpc) is 3.37. The number of hydroxylamine groups is 1. The van der Waals surface area contributed by atoms with E-state index in [0.29, 0.717) is 33.3 Å². The van der Waals surface area contributed by atoms with Crippen LogP contribution in [0.25, 0.3) is 0 Å². The molecule has 0 bridgehead atoms. The third kappa shape index (κ3) is 3.40. The lowest BCUT2D eigenvalue weighted by Crippen LogP contribution is -2.37. The number of nitrogens with zero attached hydrogens (tertiary/aromatic N) is 2. The molecule has 0 aliphatic carbocycles. The highest BCUT2D eigenvalue weighted by molar-refractivity contribution is 6.32. The maximum Gasteiger partial charge on any atom is 0.266 e. The normalized spacial score (nSPS) is 21.7. The van der Waals surface area contributed by atoms with Crippen molar-refractivity contribution in [3.8, 4) is 11.5 Å². The van der Waals surface area contributed by atoms with E-state index >= 15 is 0 Å². The van der Waals surface area contributed by atoms with Crippen molar-refractivity contribution in [1.82, 2.24) is 0 Å². The van der Waals surface area contributed by atoms with Gasteiger partial charge in [0.2, 0.25) is 5.91 Å². The molecule has 34 heavy (non-hydrogen) atoms. The molecule has 0 N–H and O–H groups in total. The number of carbonyl (C=O) groups is 2. The van der Waals surface area contributed by atoms with Gasteiger partial charge in [-0.05, 0) is 48.9 Å². The quantitative estimate of drug-likeness (QED) is 0.494. The first-order valence-electron chi connectivity index (χ1n) is 10.8. The van der Waals surface area contributed by atoms with Crippen molar-refractivity contribution >= 4 is 34.8 Å². The van der Waals surface area contributed by atoms with Gasteiger partial charge in [0.15, 0.2) is 6.10 Å². The number of hydrogen-bond acceptors (Lipinski definition) is 6. The van der Waals surface area contributed by atoms with Gasteiger partial charge in [0.1, 0.15) is 17.4 Å². The predicted molar refractivity (Wildman–Crippen MR) is 128 cm³/mol. The summed E-state index contributed by atoms with van der Waals surface area (Å²) in [4.78, 5) is 34.8. The predicted octanol–water partition coefficient (Wildman–Crippen LogP) is 4.72. The Morgan fingerprint density at radius 3 is 2.38 bits per heavy atom. The lowest BCUT2D eigenvalue weighted by molar-refractivity contribution is -0.126. The Morgan fingerprint density at radius 2 is 1.68 bits per heavy atom. The molecule has 3 aromatic rings. The molecule has 2 aliphatic heterocycles. The molecule has 8 heteroatoms. The van der Waals surface area contributed by atoms with E-state index in [9.17, 15) is 9.59 Å². The van der Waals surface area contributed by atoms with Gasteiger partial charge in [-0.2, -0.15) is 0 Å². The van der Waals surface area contributed by atoms with Crippen LogP contribution in [0.4, 0.5) is 11.4 Å². The van der Waals surface area contributed by atoms with E-state index in [2.05, 4.69) is 0 Å². The van der Waals surface area contributed by atoms with Crippen molar-refractivity contribution < 1.29 is 23.9 Å². The van der Waals surface area contributed by atoms with Crippen LogP contribution in [-0.4, -0.2) is 32.1 Å². The monoisotopic (exact) mass is 478 g/mol. The van der Waals surface area contributed by atoms with Gasteiger partial charge in [-0.1, -0.05) is 35.9 Å². The number of anilines is 2. The minimum Gasteiger partial charge on any atom is -0.497 e. The molecular formula is C26H23ClN2O5. The molecule has 0 saturated carbocycles. The second-order valence-corrected chi connectivity index (χ2v) is 8.57. The minimum absolute atomic E-state index is 0.346. The van der Waals surface area contributed by atoms with E-state index < -0.39 is 24.0 Å². The Kier molecular flexibility index (Phi) is 5.67. The molecule has 3 atom stereocenters. The lowest BCUT2D eigenvalue weighted by atomic mass is 9.90. The zero-order valence-electron chi connectivity index (χ0n) is 18.9. The van der Waals surface area contributed by atoms with E-state index in [-0.39, 0.29) is 5.91 Å². The van der Waals surface area contributed by atoms with E-state index in [0.717, 1.165) is 5.69 Å². The van der Waals surface area contributed by atoms with Crippen LogP contribution in [-0.2, 0) is 14.4 Å². The first-order chi connectivity index (χ1) is 16.5. The van der Waals surface area contributed by atoms with Crippen molar-refractivity contribution in [2.24, 2.45) is 5.92 Å². The van der Waals surface area contributed by atoms with E-state index in [4.69, 9.17) is 25.9 Å². The van der Waals surface area contributed by atoms with Crippen molar-refractivity contribution in [2.75, 3.05) is 24.2 Å². The Labute approximate surface area is 202 Å². The van der Waals surface area contributed by atoms with Crippen molar-refractivity contribution in [3.63, 3.8) is 0 Å². The van der Waals surface area contributed by atoms with E-state index in [1.165, 1.54) is 4.90 Å². The number of fused-ring (bicyclic) bond motifs is 1. The SMILES string of the molecule is COc1ccc([C@@H]2[C@H]3C(=O)N(c4cccc(Cl)c4C)C(=O)[C@@H]3ON2c2ccccc2)c(OC)c1. The fourth-order valence-corrected chi connectivity index (χ4v) is 4.84. The Morgan fingerprint density at radius 1 is 0.912 bits per heavy atom. The molecule has 2 saturated heterocycles. The summed E-state index contributed by atoms with van der Waals surface area (Å²) in [6.07, 6.45) is -0.983. The van der Waals surface area contributed by atoms with Gasteiger partial charge in [-0.25, -0.2) is 9.96 Å². The van der Waals surface area contributed by atoms with Gasteiger partial charge in [0, 0.05) is 16.7 Å². The molecular weight excluding hydrogens is 456 g/mol. The maximum absolute atomic E-state index is 13.8. The highest BCUT2D eigenvalue weighted by Crippen LogP contribution is 2.50. The number of amides is 2. The highest BCUT2D eigenvalue weighted by Gasteiger charge is 2.61. The van der Waals surface area contributed by atoms with Crippen LogP contribution in [0.15, 0.2) is 66.7 Å². The Hall–Kier alpha value is -3.55. The van der Waals surface area contributed by atoms with Gasteiger partial charge in [0.25, 0.3) is 5.91 Å². The highest BCUT2D eigenvalue weighted by atomic mass is 35.5. The fraction of sp³-hybridized carbons (Fsp3) is 0.231. The molecule has 0 unspecified atom stereocenters. The molecule has 5 rings (SSSR count). The van der Waals surface area contributed by atoms with Crippen LogP contribution < -0.4 is 19.4 Å². The van der Waals surface area contributed by atoms with Crippen LogP contribution in [0.1, 0.15) is 17.2 Å². The number of para-hydroxylation sites is 1. The minimum atomic E-state index is -0.983. The van der Waals surface area contributed by atoms with Crippen LogP contribution in [0.3, 0.4) is 0 Å². The topological polar surface area (TPSA) is 68.3 Å². The average molecular weight is 479 g/mol. The first kappa shape index (κ1) is 22.3. The molecule has 0 radical (unpaired) electrons. The summed E-state index contributed by atoms with van der Waals surface area (Å²) >= 11 is 6.29. The summed E-state index contributed by atoms with van der Waals surface area (Å²) in [5.74, 6) is -0.397. The van der Waals surface area contributed by atoms with Crippen molar-refractivity contribution in [3.05, 3.63) is 82.9 Å². The standard InChI is InChI=1S/C26H23ClN2O5/c1-15-19(27)10-7-11-20(15)28-25(30)22-23(18-13-12-17(32-2)14-21(18)33-3)29(34-24(22)26(28)31)16-8-5-4-6-9-16/h4-14,22-24H,1-3H3/t22-,23-,24-/m1/s1. The zero-order chi connectivity index (χ0) is 24.0. The van der Waals surface area contributed by atoms with Crippen LogP contribution in [0.5, 0.6) is 11.5 Å². The third-order valence-electron chi connectivity index (χ3n) is 6.37. The summed E-state index contributed by atoms with van der Waals surface area (Å²) in [6.45, 7) is 1.79. The number of rotatable bonds is 5. The van der Waals surface area contributed by atoms with Gasteiger partial charge in [0.05, 0.1) is 31.6 Å². The molecule has 7 nitrogen and oxygen atoms in total. The molecule has 2 heterocycles. The van der Waals surface area contributed by atoms with Gasteiger partial charge in [-0.3, -0.25) is 14.4 Å². The van der Waals surface area contributed by atoms with E-state index in [1.807, 2.05) is 36.4 Å². The van der Waals surface area contributed by atoms with Crippen LogP contribution >= 0.6 is 11.6 Å². The molecule has 2 amide bonds. The summed E-state index contributed by atoms with van der Waals surface area (Å²) in [6, 6.07) is 19.4. The molecule has 0 spiro atoms. The second kappa shape index (κ2) is 8.66. The number of hydrogen-bond donors (Lipinski definition) is 0. The van der Waals surface area contributed by atoms with Crippen molar-refractivity contribution in [1.29, 1.82) is 0 Å². The lowest BCUT2D eigenvalue weighted by Gasteiger charge is -2.30. The largest absolute Gasteiger partial charge is 0.497 e. The maximum atomic E-state index is 13.8. The second-order valence-electron chi connectivity index (χ2n) is 8.16.